The Labute approximate surface area is 132 Å². The first kappa shape index (κ1) is 16.5. The molecule has 0 saturated carbocycles. The quantitative estimate of drug-likeness (QED) is 0.887. The Morgan fingerprint density at radius 1 is 1.48 bits per heavy atom. The van der Waals surface area contributed by atoms with Gasteiger partial charge in [0.15, 0.2) is 0 Å². The molecule has 0 fully saturated rings. The highest BCUT2D eigenvalue weighted by Gasteiger charge is 2.31. The lowest BCUT2D eigenvalue weighted by Crippen LogP contribution is -2.15. The normalized spacial score (nSPS) is 15.0. The van der Waals surface area contributed by atoms with Crippen LogP contribution >= 0.6 is 35.1 Å². The largest absolute Gasteiger partial charge is 0.416 e. The highest BCUT2D eigenvalue weighted by molar-refractivity contribution is 8.39. The summed E-state index contributed by atoms with van der Waals surface area (Å²) in [4.78, 5) is 15.9. The molecular weight excluding hydrogens is 345 g/mol. The fourth-order valence-corrected chi connectivity index (χ4v) is 3.55. The summed E-state index contributed by atoms with van der Waals surface area (Å²) < 4.78 is 38.3. The molecule has 3 nitrogen and oxygen atoms in total. The lowest BCUT2D eigenvalue weighted by molar-refractivity contribution is -0.137. The third-order valence-electron chi connectivity index (χ3n) is 2.45. The molecule has 1 heterocycles. The van der Waals surface area contributed by atoms with E-state index in [1.54, 1.807) is 11.8 Å². The van der Waals surface area contributed by atoms with Crippen LogP contribution in [0.5, 0.6) is 0 Å². The van der Waals surface area contributed by atoms with Gasteiger partial charge in [-0.2, -0.15) is 13.2 Å². The summed E-state index contributed by atoms with van der Waals surface area (Å²) in [6, 6.07) is 2.82. The zero-order chi connectivity index (χ0) is 15.5. The van der Waals surface area contributed by atoms with Crippen molar-refractivity contribution in [1.82, 2.24) is 0 Å². The number of halogens is 4. The van der Waals surface area contributed by atoms with E-state index in [0.717, 1.165) is 34.9 Å². The Morgan fingerprint density at radius 3 is 2.81 bits per heavy atom. The van der Waals surface area contributed by atoms with E-state index < -0.39 is 11.7 Å². The van der Waals surface area contributed by atoms with E-state index in [2.05, 4.69) is 10.3 Å². The summed E-state index contributed by atoms with van der Waals surface area (Å²) in [5.74, 6) is 0.717. The first-order chi connectivity index (χ1) is 9.86. The number of carbonyl (C=O) groups excluding carboxylic acids is 1. The molecule has 0 atom stereocenters. The summed E-state index contributed by atoms with van der Waals surface area (Å²) in [6.07, 6.45) is -4.46. The predicted octanol–water partition coefficient (Wildman–Crippen LogP) is 4.13. The first-order valence-corrected chi connectivity index (χ1v) is 8.18. The van der Waals surface area contributed by atoms with Gasteiger partial charge in [0.1, 0.15) is 4.38 Å². The van der Waals surface area contributed by atoms with Crippen LogP contribution < -0.4 is 5.32 Å². The van der Waals surface area contributed by atoms with Crippen LogP contribution in [0.15, 0.2) is 23.2 Å². The summed E-state index contributed by atoms with van der Waals surface area (Å²) in [6.45, 7) is 0.749. The van der Waals surface area contributed by atoms with Crippen LogP contribution in [0.4, 0.5) is 18.9 Å². The minimum atomic E-state index is -4.46. The smallest absolute Gasteiger partial charge is 0.324 e. The molecule has 0 saturated heterocycles. The highest BCUT2D eigenvalue weighted by Crippen LogP contribution is 2.33. The number of hydrogen-bond acceptors (Lipinski definition) is 4. The van der Waals surface area contributed by atoms with E-state index in [0.29, 0.717) is 0 Å². The molecular formula is C12H10ClF3N2OS2. The first-order valence-electron chi connectivity index (χ1n) is 5.83. The number of carbonyl (C=O) groups is 1. The maximum atomic E-state index is 12.5. The number of hydrogen-bond donors (Lipinski definition) is 1. The number of thioether (sulfide) groups is 2. The molecule has 1 amide bonds. The molecule has 0 unspecified atom stereocenters. The van der Waals surface area contributed by atoms with Crippen LogP contribution in [0.3, 0.4) is 0 Å². The van der Waals surface area contributed by atoms with Crippen LogP contribution in [0.2, 0.25) is 5.02 Å². The second-order valence-electron chi connectivity index (χ2n) is 4.03. The maximum Gasteiger partial charge on any atom is 0.416 e. The topological polar surface area (TPSA) is 41.5 Å². The molecule has 1 N–H and O–H groups in total. The molecule has 1 aromatic carbocycles. The van der Waals surface area contributed by atoms with E-state index in [1.165, 1.54) is 11.8 Å². The highest BCUT2D eigenvalue weighted by atomic mass is 35.5. The second-order valence-corrected chi connectivity index (χ2v) is 6.74. The standard InChI is InChI=1S/C12H10ClF3N2OS2/c13-8-5-7(12(14,15)16)1-2-9(8)18-10(19)6-21-11-17-3-4-20-11/h1-2,5H,3-4,6H2,(H,18,19). The zero-order valence-electron chi connectivity index (χ0n) is 10.5. The van der Waals surface area contributed by atoms with E-state index in [9.17, 15) is 18.0 Å². The number of nitrogens with zero attached hydrogens (tertiary/aromatic N) is 1. The molecule has 2 rings (SSSR count). The molecule has 0 radical (unpaired) electrons. The Hall–Kier alpha value is -0.860. The Bertz CT molecular complexity index is 578. The third kappa shape index (κ3) is 4.82. The van der Waals surface area contributed by atoms with Gasteiger partial charge in [-0.15, -0.1) is 0 Å². The fourth-order valence-electron chi connectivity index (χ4n) is 1.51. The molecule has 9 heteroatoms. The summed E-state index contributed by atoms with van der Waals surface area (Å²) in [5, 5.41) is 2.35. The van der Waals surface area contributed by atoms with Crippen molar-refractivity contribution in [2.75, 3.05) is 23.4 Å². The number of amides is 1. The van der Waals surface area contributed by atoms with Gasteiger partial charge in [-0.1, -0.05) is 35.1 Å². The third-order valence-corrected chi connectivity index (χ3v) is 5.02. The minimum absolute atomic E-state index is 0.142. The number of anilines is 1. The van der Waals surface area contributed by atoms with Crippen molar-refractivity contribution in [2.45, 2.75) is 6.18 Å². The van der Waals surface area contributed by atoms with Crippen molar-refractivity contribution < 1.29 is 18.0 Å². The predicted molar refractivity (Wildman–Crippen MR) is 82.3 cm³/mol. The van der Waals surface area contributed by atoms with Crippen molar-refractivity contribution in [1.29, 1.82) is 0 Å². The van der Waals surface area contributed by atoms with Crippen LogP contribution in [0.25, 0.3) is 0 Å². The molecule has 0 aromatic heterocycles. The van der Waals surface area contributed by atoms with Gasteiger partial charge in [0.25, 0.3) is 0 Å². The van der Waals surface area contributed by atoms with Gasteiger partial charge >= 0.3 is 6.18 Å². The molecule has 114 valence electrons. The SMILES string of the molecule is O=C(CSC1=NCCS1)Nc1ccc(C(F)(F)F)cc1Cl. The second kappa shape index (κ2) is 6.93. The summed E-state index contributed by atoms with van der Waals surface area (Å²) in [7, 11) is 0. The average molecular weight is 355 g/mol. The Balaban J connectivity index is 1.94. The number of nitrogens with one attached hydrogen (secondary N) is 1. The lowest BCUT2D eigenvalue weighted by Gasteiger charge is -2.11. The van der Waals surface area contributed by atoms with Gasteiger partial charge in [-0.05, 0) is 18.2 Å². The molecule has 0 spiro atoms. The van der Waals surface area contributed by atoms with Crippen molar-refractivity contribution >= 4 is 51.1 Å². The van der Waals surface area contributed by atoms with Crippen LogP contribution in [0, 0.1) is 0 Å². The number of rotatable bonds is 3. The van der Waals surface area contributed by atoms with Crippen molar-refractivity contribution in [3.05, 3.63) is 28.8 Å². The van der Waals surface area contributed by atoms with Gasteiger partial charge in [-0.3, -0.25) is 9.79 Å². The van der Waals surface area contributed by atoms with Gasteiger partial charge in [0, 0.05) is 5.75 Å². The molecule has 21 heavy (non-hydrogen) atoms. The Kier molecular flexibility index (Phi) is 5.45. The monoisotopic (exact) mass is 354 g/mol. The van der Waals surface area contributed by atoms with Gasteiger partial charge in [0.2, 0.25) is 5.91 Å². The summed E-state index contributed by atoms with van der Waals surface area (Å²) in [5.41, 5.74) is -0.687. The molecule has 1 aliphatic rings. The van der Waals surface area contributed by atoms with E-state index in [4.69, 9.17) is 11.6 Å². The van der Waals surface area contributed by atoms with Gasteiger partial charge in [-0.25, -0.2) is 0 Å². The Morgan fingerprint density at radius 2 is 2.24 bits per heavy atom. The lowest BCUT2D eigenvalue weighted by atomic mass is 10.2. The number of aliphatic imine (C=N–C) groups is 1. The fraction of sp³-hybridized carbons (Fsp3) is 0.333. The molecule has 0 aliphatic carbocycles. The summed E-state index contributed by atoms with van der Waals surface area (Å²) >= 11 is 8.64. The van der Waals surface area contributed by atoms with E-state index >= 15 is 0 Å². The van der Waals surface area contributed by atoms with Crippen LogP contribution in [-0.2, 0) is 11.0 Å². The molecule has 1 aliphatic heterocycles. The van der Waals surface area contributed by atoms with Crippen molar-refractivity contribution in [3.63, 3.8) is 0 Å². The number of benzene rings is 1. The zero-order valence-corrected chi connectivity index (χ0v) is 12.9. The number of alkyl halides is 3. The van der Waals surface area contributed by atoms with E-state index in [-0.39, 0.29) is 22.4 Å². The van der Waals surface area contributed by atoms with Crippen LogP contribution in [-0.4, -0.2) is 28.3 Å². The maximum absolute atomic E-state index is 12.5. The van der Waals surface area contributed by atoms with Gasteiger partial charge in [0.05, 0.1) is 28.6 Å². The minimum Gasteiger partial charge on any atom is -0.324 e. The van der Waals surface area contributed by atoms with Crippen molar-refractivity contribution in [2.24, 2.45) is 4.99 Å². The van der Waals surface area contributed by atoms with E-state index in [1.807, 2.05) is 0 Å². The average Bonchev–Trinajstić information content (AvgIpc) is 2.91. The van der Waals surface area contributed by atoms with Crippen LogP contribution in [0.1, 0.15) is 5.56 Å². The van der Waals surface area contributed by atoms with Gasteiger partial charge < -0.3 is 5.32 Å². The molecule has 0 bridgehead atoms. The van der Waals surface area contributed by atoms with Crippen molar-refractivity contribution in [3.8, 4) is 0 Å². The molecule has 1 aromatic rings.